The Morgan fingerprint density at radius 3 is 2.44 bits per heavy atom. The van der Waals surface area contributed by atoms with Crippen molar-refractivity contribution in [3.8, 4) is 0 Å². The molecule has 1 aliphatic carbocycles. The Balaban J connectivity index is 2.26. The summed E-state index contributed by atoms with van der Waals surface area (Å²) in [4.78, 5) is 4.28. The first-order valence-electron chi connectivity index (χ1n) is 5.83. The Bertz CT molecular complexity index is 226. The molecular formula is C11H19F3N2. The molecule has 0 unspecified atom stereocenters. The van der Waals surface area contributed by atoms with E-state index in [2.05, 4.69) is 17.2 Å². The lowest BCUT2D eigenvalue weighted by Crippen LogP contribution is -2.28. The fourth-order valence-corrected chi connectivity index (χ4v) is 1.86. The minimum atomic E-state index is -4.02. The number of nitrogens with zero attached hydrogens (tertiary/aromatic N) is 1. The van der Waals surface area contributed by atoms with Gasteiger partial charge in [-0.25, -0.2) is 0 Å². The van der Waals surface area contributed by atoms with Crippen LogP contribution in [0.5, 0.6) is 0 Å². The third-order valence-corrected chi connectivity index (χ3v) is 2.87. The summed E-state index contributed by atoms with van der Waals surface area (Å²) in [5, 5.41) is 3.11. The van der Waals surface area contributed by atoms with Crippen molar-refractivity contribution in [2.75, 3.05) is 13.2 Å². The highest BCUT2D eigenvalue weighted by Gasteiger charge is 2.40. The highest BCUT2D eigenvalue weighted by atomic mass is 19.4. The molecule has 16 heavy (non-hydrogen) atoms. The molecule has 5 heteroatoms. The summed E-state index contributed by atoms with van der Waals surface area (Å²) in [5.74, 6) is -1.12. The van der Waals surface area contributed by atoms with E-state index in [0.29, 0.717) is 19.5 Å². The lowest BCUT2D eigenvalue weighted by molar-refractivity contribution is -0.178. The van der Waals surface area contributed by atoms with E-state index >= 15 is 0 Å². The number of nitrogens with one attached hydrogen (secondary N) is 1. The Morgan fingerprint density at radius 2 is 1.94 bits per heavy atom. The molecule has 0 aromatic rings. The summed E-state index contributed by atoms with van der Waals surface area (Å²) in [6, 6.07) is 0. The van der Waals surface area contributed by atoms with Crippen molar-refractivity contribution in [1.82, 2.24) is 5.32 Å². The van der Waals surface area contributed by atoms with Gasteiger partial charge in [-0.05, 0) is 38.6 Å². The topological polar surface area (TPSA) is 24.4 Å². The first-order chi connectivity index (χ1) is 7.54. The van der Waals surface area contributed by atoms with Crippen LogP contribution >= 0.6 is 0 Å². The monoisotopic (exact) mass is 236 g/mol. The lowest BCUT2D eigenvalue weighted by Gasteiger charge is -2.25. The average molecular weight is 236 g/mol. The highest BCUT2D eigenvalue weighted by molar-refractivity contribution is 5.85. The van der Waals surface area contributed by atoms with Crippen LogP contribution in [0.3, 0.4) is 0 Å². The fourth-order valence-electron chi connectivity index (χ4n) is 1.86. The Morgan fingerprint density at radius 1 is 1.31 bits per heavy atom. The molecule has 1 fully saturated rings. The summed E-state index contributed by atoms with van der Waals surface area (Å²) in [7, 11) is 0. The second-order valence-electron chi connectivity index (χ2n) is 4.20. The SMILES string of the molecule is CCCNCN=C1CCC(C(F)(F)F)CC1. The zero-order valence-electron chi connectivity index (χ0n) is 9.61. The molecule has 1 rings (SSSR count). The van der Waals surface area contributed by atoms with Crippen LogP contribution in [0, 0.1) is 5.92 Å². The highest BCUT2D eigenvalue weighted by Crippen LogP contribution is 2.36. The quantitative estimate of drug-likeness (QED) is 0.745. The van der Waals surface area contributed by atoms with Crippen LogP contribution in [0.15, 0.2) is 4.99 Å². The van der Waals surface area contributed by atoms with Crippen molar-refractivity contribution in [2.24, 2.45) is 10.9 Å². The first-order valence-corrected chi connectivity index (χ1v) is 5.83. The summed E-state index contributed by atoms with van der Waals surface area (Å²) in [6.07, 6.45) is -1.57. The third-order valence-electron chi connectivity index (χ3n) is 2.87. The van der Waals surface area contributed by atoms with Crippen molar-refractivity contribution in [3.05, 3.63) is 0 Å². The molecule has 0 bridgehead atoms. The van der Waals surface area contributed by atoms with Crippen molar-refractivity contribution >= 4 is 5.71 Å². The third kappa shape index (κ3) is 4.51. The molecule has 0 aliphatic heterocycles. The maximum Gasteiger partial charge on any atom is 0.391 e. The number of rotatable bonds is 4. The smallest absolute Gasteiger partial charge is 0.298 e. The Hall–Kier alpha value is -0.580. The predicted octanol–water partition coefficient (Wildman–Crippen LogP) is 3.14. The number of alkyl halides is 3. The van der Waals surface area contributed by atoms with Gasteiger partial charge in [0.1, 0.15) is 0 Å². The molecule has 0 aromatic heterocycles. The van der Waals surface area contributed by atoms with E-state index in [1.807, 2.05) is 0 Å². The van der Waals surface area contributed by atoms with Crippen molar-refractivity contribution < 1.29 is 13.2 Å². The van der Waals surface area contributed by atoms with Gasteiger partial charge in [-0.3, -0.25) is 10.3 Å². The molecule has 94 valence electrons. The Kier molecular flexibility index (Phi) is 5.25. The van der Waals surface area contributed by atoms with Gasteiger partial charge in [0.25, 0.3) is 0 Å². The molecule has 1 aliphatic rings. The maximum absolute atomic E-state index is 12.4. The van der Waals surface area contributed by atoms with E-state index < -0.39 is 12.1 Å². The molecule has 0 spiro atoms. The molecule has 0 heterocycles. The van der Waals surface area contributed by atoms with Gasteiger partial charge in [-0.2, -0.15) is 13.2 Å². The average Bonchev–Trinajstić information content (AvgIpc) is 2.24. The minimum absolute atomic E-state index is 0.204. The summed E-state index contributed by atoms with van der Waals surface area (Å²) < 4.78 is 37.1. The molecule has 0 atom stereocenters. The predicted molar refractivity (Wildman–Crippen MR) is 58.6 cm³/mol. The first kappa shape index (κ1) is 13.5. The van der Waals surface area contributed by atoms with Crippen LogP contribution in [-0.2, 0) is 0 Å². The second-order valence-corrected chi connectivity index (χ2v) is 4.20. The normalized spacial score (nSPS) is 22.2. The molecule has 1 N–H and O–H groups in total. The number of hydrogen-bond acceptors (Lipinski definition) is 2. The summed E-state index contributed by atoms with van der Waals surface area (Å²) in [5.41, 5.74) is 0.934. The molecule has 0 radical (unpaired) electrons. The van der Waals surface area contributed by atoms with Gasteiger partial charge in [0.15, 0.2) is 0 Å². The maximum atomic E-state index is 12.4. The van der Waals surface area contributed by atoms with Crippen LogP contribution in [0.4, 0.5) is 13.2 Å². The molecule has 1 saturated carbocycles. The van der Waals surface area contributed by atoms with E-state index in [-0.39, 0.29) is 12.8 Å². The van der Waals surface area contributed by atoms with Crippen molar-refractivity contribution in [1.29, 1.82) is 0 Å². The van der Waals surface area contributed by atoms with Crippen LogP contribution in [0.1, 0.15) is 39.0 Å². The van der Waals surface area contributed by atoms with E-state index in [4.69, 9.17) is 0 Å². The van der Waals surface area contributed by atoms with Gasteiger partial charge in [-0.15, -0.1) is 0 Å². The standard InChI is InChI=1S/C11H19F3N2/c1-2-7-15-8-16-10-5-3-9(4-6-10)11(12,13)14/h9,15H,2-8H2,1H3. The van der Waals surface area contributed by atoms with Gasteiger partial charge in [0.2, 0.25) is 0 Å². The van der Waals surface area contributed by atoms with Gasteiger partial charge in [-0.1, -0.05) is 6.92 Å². The fraction of sp³-hybridized carbons (Fsp3) is 0.909. The number of aliphatic imine (C=N–C) groups is 1. The summed E-state index contributed by atoms with van der Waals surface area (Å²) in [6.45, 7) is 3.51. The van der Waals surface area contributed by atoms with E-state index in [9.17, 15) is 13.2 Å². The zero-order valence-corrected chi connectivity index (χ0v) is 9.61. The number of halogens is 3. The molecule has 0 saturated heterocycles. The molecule has 0 amide bonds. The van der Waals surface area contributed by atoms with Crippen molar-refractivity contribution in [2.45, 2.75) is 45.2 Å². The molecular weight excluding hydrogens is 217 g/mol. The molecule has 0 aromatic carbocycles. The summed E-state index contributed by atoms with van der Waals surface area (Å²) >= 11 is 0. The Labute approximate surface area is 94.3 Å². The van der Waals surface area contributed by atoms with Gasteiger partial charge in [0, 0.05) is 5.71 Å². The zero-order chi connectivity index (χ0) is 12.0. The largest absolute Gasteiger partial charge is 0.391 e. The van der Waals surface area contributed by atoms with Crippen LogP contribution in [0.25, 0.3) is 0 Å². The van der Waals surface area contributed by atoms with Gasteiger partial charge >= 0.3 is 6.18 Å². The second kappa shape index (κ2) is 6.23. The van der Waals surface area contributed by atoms with Crippen LogP contribution in [0.2, 0.25) is 0 Å². The molecule has 2 nitrogen and oxygen atoms in total. The number of hydrogen-bond donors (Lipinski definition) is 1. The van der Waals surface area contributed by atoms with E-state index in [1.54, 1.807) is 0 Å². The van der Waals surface area contributed by atoms with Crippen LogP contribution in [-0.4, -0.2) is 25.1 Å². The van der Waals surface area contributed by atoms with Crippen LogP contribution < -0.4 is 5.32 Å². The van der Waals surface area contributed by atoms with Gasteiger partial charge < -0.3 is 0 Å². The van der Waals surface area contributed by atoms with Gasteiger partial charge in [0.05, 0.1) is 12.6 Å². The van der Waals surface area contributed by atoms with E-state index in [1.165, 1.54) is 0 Å². The van der Waals surface area contributed by atoms with Crippen molar-refractivity contribution in [3.63, 3.8) is 0 Å². The van der Waals surface area contributed by atoms with E-state index in [0.717, 1.165) is 18.7 Å². The lowest BCUT2D eigenvalue weighted by atomic mass is 9.87. The minimum Gasteiger partial charge on any atom is -0.298 e.